The number of rotatable bonds is 2. The molecule has 0 bridgehead atoms. The van der Waals surface area contributed by atoms with Gasteiger partial charge in [-0.2, -0.15) is 0 Å². The van der Waals surface area contributed by atoms with E-state index in [1.54, 1.807) is 0 Å². The number of nitrogens with zero attached hydrogens (tertiary/aromatic N) is 1. The van der Waals surface area contributed by atoms with E-state index in [2.05, 4.69) is 44.2 Å². The second kappa shape index (κ2) is 5.26. The molecule has 0 radical (unpaired) electrons. The zero-order valence-corrected chi connectivity index (χ0v) is 12.0. The molecule has 0 aliphatic carbocycles. The van der Waals surface area contributed by atoms with Crippen molar-refractivity contribution in [3.05, 3.63) is 34.5 Å². The van der Waals surface area contributed by atoms with Gasteiger partial charge in [-0.25, -0.2) is 0 Å². The van der Waals surface area contributed by atoms with Crippen molar-refractivity contribution < 1.29 is 0 Å². The first-order valence-corrected chi connectivity index (χ1v) is 7.46. The SMILES string of the molecule is CC(C)C1=CSCCc2ccnc(C(C)C)c21. The molecule has 0 N–H and O–H groups in total. The maximum absolute atomic E-state index is 4.62. The molecular weight excluding hydrogens is 226 g/mol. The fourth-order valence-electron chi connectivity index (χ4n) is 2.30. The van der Waals surface area contributed by atoms with Gasteiger partial charge in [-0.1, -0.05) is 27.7 Å². The average molecular weight is 247 g/mol. The quantitative estimate of drug-likeness (QED) is 0.763. The van der Waals surface area contributed by atoms with Gasteiger partial charge in [0.2, 0.25) is 0 Å². The lowest BCUT2D eigenvalue weighted by Crippen LogP contribution is -2.06. The van der Waals surface area contributed by atoms with Crippen LogP contribution in [-0.2, 0) is 6.42 Å². The molecule has 0 spiro atoms. The molecule has 17 heavy (non-hydrogen) atoms. The molecule has 1 aliphatic heterocycles. The normalized spacial score (nSPS) is 15.8. The third kappa shape index (κ3) is 2.57. The lowest BCUT2D eigenvalue weighted by molar-refractivity contribution is 0.795. The number of pyridine rings is 1. The zero-order chi connectivity index (χ0) is 12.4. The highest BCUT2D eigenvalue weighted by molar-refractivity contribution is 8.02. The van der Waals surface area contributed by atoms with E-state index in [1.807, 2.05) is 18.0 Å². The van der Waals surface area contributed by atoms with Crippen LogP contribution in [0.2, 0.25) is 0 Å². The molecule has 2 rings (SSSR count). The van der Waals surface area contributed by atoms with Gasteiger partial charge in [0, 0.05) is 17.5 Å². The molecule has 0 saturated heterocycles. The Bertz CT molecular complexity index is 433. The molecule has 1 aromatic heterocycles. The molecular formula is C15H21NS. The number of hydrogen-bond donors (Lipinski definition) is 0. The summed E-state index contributed by atoms with van der Waals surface area (Å²) in [6.45, 7) is 9.02. The second-order valence-electron chi connectivity index (χ2n) is 5.23. The van der Waals surface area contributed by atoms with Gasteiger partial charge in [0.15, 0.2) is 0 Å². The summed E-state index contributed by atoms with van der Waals surface area (Å²) >= 11 is 1.94. The monoisotopic (exact) mass is 247 g/mol. The molecule has 1 nitrogen and oxygen atoms in total. The van der Waals surface area contributed by atoms with Crippen molar-refractivity contribution in [2.45, 2.75) is 40.0 Å². The average Bonchev–Trinajstić information content (AvgIpc) is 2.50. The molecule has 1 aromatic rings. The Hall–Kier alpha value is -0.760. The molecule has 2 heterocycles. The molecule has 0 atom stereocenters. The number of fused-ring (bicyclic) bond motifs is 1. The molecule has 0 unspecified atom stereocenters. The molecule has 2 heteroatoms. The van der Waals surface area contributed by atoms with E-state index >= 15 is 0 Å². The van der Waals surface area contributed by atoms with Gasteiger partial charge >= 0.3 is 0 Å². The summed E-state index contributed by atoms with van der Waals surface area (Å²) in [7, 11) is 0. The Balaban J connectivity index is 2.61. The Labute approximate surface area is 109 Å². The van der Waals surface area contributed by atoms with Crippen molar-refractivity contribution in [2.24, 2.45) is 5.92 Å². The predicted octanol–water partition coefficient (Wildman–Crippen LogP) is 4.49. The topological polar surface area (TPSA) is 12.9 Å². The van der Waals surface area contributed by atoms with Crippen LogP contribution in [0, 0.1) is 5.92 Å². The molecule has 0 amide bonds. The van der Waals surface area contributed by atoms with E-state index in [0.29, 0.717) is 11.8 Å². The number of allylic oxidation sites excluding steroid dienone is 1. The summed E-state index contributed by atoms with van der Waals surface area (Å²) < 4.78 is 0. The van der Waals surface area contributed by atoms with Crippen molar-refractivity contribution in [1.29, 1.82) is 0 Å². The van der Waals surface area contributed by atoms with E-state index in [0.717, 1.165) is 6.42 Å². The maximum Gasteiger partial charge on any atom is 0.0507 e. The minimum Gasteiger partial charge on any atom is -0.260 e. The standard InChI is InChI=1S/C15H21NS/c1-10(2)13-9-17-8-6-12-5-7-16-15(11(3)4)14(12)13/h5,7,9-11H,6,8H2,1-4H3. The third-order valence-electron chi connectivity index (χ3n) is 3.22. The van der Waals surface area contributed by atoms with Crippen LogP contribution in [-0.4, -0.2) is 10.7 Å². The first kappa shape index (κ1) is 12.7. The summed E-state index contributed by atoms with van der Waals surface area (Å²) in [6.07, 6.45) is 3.14. The molecule has 0 aromatic carbocycles. The number of thioether (sulfide) groups is 1. The Morgan fingerprint density at radius 2 is 1.94 bits per heavy atom. The van der Waals surface area contributed by atoms with E-state index in [1.165, 1.54) is 28.1 Å². The van der Waals surface area contributed by atoms with Crippen molar-refractivity contribution in [1.82, 2.24) is 4.98 Å². The Morgan fingerprint density at radius 3 is 2.59 bits per heavy atom. The largest absolute Gasteiger partial charge is 0.260 e. The first-order valence-electron chi connectivity index (χ1n) is 6.41. The van der Waals surface area contributed by atoms with Crippen LogP contribution in [0.3, 0.4) is 0 Å². The van der Waals surface area contributed by atoms with E-state index in [9.17, 15) is 0 Å². The lowest BCUT2D eigenvalue weighted by atomic mass is 9.88. The predicted molar refractivity (Wildman–Crippen MR) is 77.3 cm³/mol. The third-order valence-corrected chi connectivity index (χ3v) is 4.08. The Kier molecular flexibility index (Phi) is 3.93. The van der Waals surface area contributed by atoms with E-state index < -0.39 is 0 Å². The summed E-state index contributed by atoms with van der Waals surface area (Å²) in [5, 5.41) is 2.35. The molecule has 1 aliphatic rings. The molecule has 92 valence electrons. The van der Waals surface area contributed by atoms with Crippen LogP contribution >= 0.6 is 11.8 Å². The van der Waals surface area contributed by atoms with Crippen LogP contribution in [0.1, 0.15) is 50.4 Å². The minimum absolute atomic E-state index is 0.496. The highest BCUT2D eigenvalue weighted by Crippen LogP contribution is 2.36. The van der Waals surface area contributed by atoms with Gasteiger partial charge in [0.05, 0.1) is 5.69 Å². The van der Waals surface area contributed by atoms with Crippen LogP contribution in [0.25, 0.3) is 5.57 Å². The smallest absolute Gasteiger partial charge is 0.0507 e. The fourth-order valence-corrected chi connectivity index (χ4v) is 3.33. The van der Waals surface area contributed by atoms with Crippen molar-refractivity contribution >= 4 is 17.3 Å². The van der Waals surface area contributed by atoms with Crippen LogP contribution in [0.5, 0.6) is 0 Å². The fraction of sp³-hybridized carbons (Fsp3) is 0.533. The lowest BCUT2D eigenvalue weighted by Gasteiger charge is -2.19. The van der Waals surface area contributed by atoms with Gasteiger partial charge in [-0.15, -0.1) is 11.8 Å². The van der Waals surface area contributed by atoms with Crippen molar-refractivity contribution in [3.8, 4) is 0 Å². The highest BCUT2D eigenvalue weighted by atomic mass is 32.2. The molecule has 0 fully saturated rings. The summed E-state index contributed by atoms with van der Waals surface area (Å²) in [5.41, 5.74) is 5.65. The number of hydrogen-bond acceptors (Lipinski definition) is 2. The summed E-state index contributed by atoms with van der Waals surface area (Å²) in [5.74, 6) is 2.25. The van der Waals surface area contributed by atoms with Crippen LogP contribution < -0.4 is 0 Å². The molecule has 0 saturated carbocycles. The summed E-state index contributed by atoms with van der Waals surface area (Å²) in [4.78, 5) is 4.62. The number of aryl methyl sites for hydroxylation is 1. The van der Waals surface area contributed by atoms with Crippen molar-refractivity contribution in [3.63, 3.8) is 0 Å². The van der Waals surface area contributed by atoms with Gasteiger partial charge in [-0.3, -0.25) is 4.98 Å². The van der Waals surface area contributed by atoms with E-state index in [-0.39, 0.29) is 0 Å². The minimum atomic E-state index is 0.496. The van der Waals surface area contributed by atoms with Gasteiger partial charge in [0.1, 0.15) is 0 Å². The number of aromatic nitrogens is 1. The van der Waals surface area contributed by atoms with Crippen LogP contribution in [0.15, 0.2) is 17.7 Å². The van der Waals surface area contributed by atoms with Gasteiger partial charge in [-0.05, 0) is 40.9 Å². The zero-order valence-electron chi connectivity index (χ0n) is 11.2. The van der Waals surface area contributed by atoms with Gasteiger partial charge in [0.25, 0.3) is 0 Å². The van der Waals surface area contributed by atoms with E-state index in [4.69, 9.17) is 0 Å². The second-order valence-corrected chi connectivity index (χ2v) is 6.21. The highest BCUT2D eigenvalue weighted by Gasteiger charge is 2.20. The van der Waals surface area contributed by atoms with Crippen LogP contribution in [0.4, 0.5) is 0 Å². The van der Waals surface area contributed by atoms with Crippen molar-refractivity contribution in [2.75, 3.05) is 5.75 Å². The summed E-state index contributed by atoms with van der Waals surface area (Å²) in [6, 6.07) is 2.20. The Morgan fingerprint density at radius 1 is 1.18 bits per heavy atom. The van der Waals surface area contributed by atoms with Gasteiger partial charge < -0.3 is 0 Å². The maximum atomic E-state index is 4.62. The first-order chi connectivity index (χ1) is 8.11.